The lowest BCUT2D eigenvalue weighted by molar-refractivity contribution is 0.269. The highest BCUT2D eigenvalue weighted by Crippen LogP contribution is 2.41. The van der Waals surface area contributed by atoms with Crippen LogP contribution in [0, 0.1) is 17.2 Å². The number of piperidine rings is 1. The van der Waals surface area contributed by atoms with Gasteiger partial charge < -0.3 is 4.90 Å². The van der Waals surface area contributed by atoms with E-state index in [4.69, 9.17) is 5.26 Å². The van der Waals surface area contributed by atoms with Crippen LogP contribution in [0.1, 0.15) is 37.3 Å². The van der Waals surface area contributed by atoms with Gasteiger partial charge in [-0.15, -0.1) is 11.8 Å². The molecule has 0 aliphatic carbocycles. The highest BCUT2D eigenvalue weighted by Gasteiger charge is 2.38. The van der Waals surface area contributed by atoms with Crippen LogP contribution in [0.15, 0.2) is 5.03 Å². The Morgan fingerprint density at radius 1 is 1.42 bits per heavy atom. The molecule has 3 atom stereocenters. The van der Waals surface area contributed by atoms with Crippen LogP contribution in [0.5, 0.6) is 0 Å². The Morgan fingerprint density at radius 2 is 2.37 bits per heavy atom. The van der Waals surface area contributed by atoms with Gasteiger partial charge in [0, 0.05) is 31.2 Å². The van der Waals surface area contributed by atoms with Gasteiger partial charge in [-0.3, -0.25) is 0 Å². The van der Waals surface area contributed by atoms with Crippen LogP contribution in [0.4, 0.5) is 0 Å². The molecule has 0 amide bonds. The van der Waals surface area contributed by atoms with Crippen molar-refractivity contribution in [3.05, 3.63) is 5.69 Å². The summed E-state index contributed by atoms with van der Waals surface area (Å²) in [5.74, 6) is 2.36. The summed E-state index contributed by atoms with van der Waals surface area (Å²) < 4.78 is 9.04. The zero-order valence-corrected chi connectivity index (χ0v) is 12.5. The predicted octanol–water partition coefficient (Wildman–Crippen LogP) is 2.74. The van der Waals surface area contributed by atoms with Gasteiger partial charge in [0.2, 0.25) is 0 Å². The van der Waals surface area contributed by atoms with Gasteiger partial charge in [0.1, 0.15) is 5.03 Å². The summed E-state index contributed by atoms with van der Waals surface area (Å²) in [5, 5.41) is 9.69. The Hall–Kier alpha value is -0.640. The van der Waals surface area contributed by atoms with Crippen LogP contribution >= 0.6 is 23.5 Å². The van der Waals surface area contributed by atoms with E-state index < -0.39 is 0 Å². The van der Waals surface area contributed by atoms with Crippen molar-refractivity contribution in [2.24, 2.45) is 5.92 Å². The molecule has 2 fully saturated rings. The van der Waals surface area contributed by atoms with Crippen molar-refractivity contribution in [2.75, 3.05) is 25.4 Å². The number of fused-ring (bicyclic) bond motifs is 2. The number of hydrogen-bond donors (Lipinski definition) is 0. The van der Waals surface area contributed by atoms with E-state index in [9.17, 15) is 0 Å². The van der Waals surface area contributed by atoms with Gasteiger partial charge in [-0.1, -0.05) is 0 Å². The molecule has 2 bridgehead atoms. The van der Waals surface area contributed by atoms with Crippen molar-refractivity contribution in [3.63, 3.8) is 0 Å². The molecule has 4 nitrogen and oxygen atoms in total. The molecule has 1 aromatic rings. The third-order valence-electron chi connectivity index (χ3n) is 4.07. The van der Waals surface area contributed by atoms with Crippen LogP contribution < -0.4 is 0 Å². The summed E-state index contributed by atoms with van der Waals surface area (Å²) in [4.78, 5) is 2.57. The largest absolute Gasteiger partial charge is 0.302 e. The number of rotatable bonds is 5. The third-order valence-corrected chi connectivity index (χ3v) is 5.80. The quantitative estimate of drug-likeness (QED) is 0.617. The van der Waals surface area contributed by atoms with E-state index in [2.05, 4.69) is 19.7 Å². The molecule has 0 saturated carbocycles. The minimum absolute atomic E-state index is 0.597. The van der Waals surface area contributed by atoms with Gasteiger partial charge in [0.25, 0.3) is 0 Å². The van der Waals surface area contributed by atoms with Crippen LogP contribution in [0.3, 0.4) is 0 Å². The van der Waals surface area contributed by atoms with Crippen LogP contribution in [-0.2, 0) is 0 Å². The number of hydrogen-bond acceptors (Lipinski definition) is 6. The van der Waals surface area contributed by atoms with Crippen molar-refractivity contribution < 1.29 is 0 Å². The Balaban J connectivity index is 1.65. The number of thioether (sulfide) groups is 1. The van der Waals surface area contributed by atoms with Gasteiger partial charge in [-0.05, 0) is 31.7 Å². The predicted molar refractivity (Wildman–Crippen MR) is 77.4 cm³/mol. The molecule has 3 rings (SSSR count). The summed E-state index contributed by atoms with van der Waals surface area (Å²) in [7, 11) is 0. The molecule has 1 aromatic heterocycles. The van der Waals surface area contributed by atoms with Crippen molar-refractivity contribution in [1.82, 2.24) is 13.6 Å². The van der Waals surface area contributed by atoms with E-state index in [1.807, 2.05) is 0 Å². The third kappa shape index (κ3) is 2.93. The Bertz CT molecular complexity index is 467. The maximum Gasteiger partial charge on any atom is 0.134 e. The minimum atomic E-state index is 0.597. The second-order valence-electron chi connectivity index (χ2n) is 5.33. The van der Waals surface area contributed by atoms with E-state index in [1.165, 1.54) is 49.9 Å². The van der Waals surface area contributed by atoms with Crippen LogP contribution in [0.25, 0.3) is 0 Å². The molecule has 3 unspecified atom stereocenters. The first-order valence-corrected chi connectivity index (χ1v) is 8.64. The van der Waals surface area contributed by atoms with Crippen molar-refractivity contribution in [3.8, 4) is 6.07 Å². The Kier molecular flexibility index (Phi) is 4.36. The zero-order chi connectivity index (χ0) is 13.1. The van der Waals surface area contributed by atoms with E-state index >= 15 is 0 Å². The molecule has 0 N–H and O–H groups in total. The van der Waals surface area contributed by atoms with E-state index in [0.717, 1.165) is 23.1 Å². The fourth-order valence-corrected chi connectivity index (χ4v) is 4.87. The Labute approximate surface area is 122 Å². The smallest absolute Gasteiger partial charge is 0.134 e. The average molecular weight is 294 g/mol. The van der Waals surface area contributed by atoms with Crippen molar-refractivity contribution in [2.45, 2.75) is 36.6 Å². The van der Waals surface area contributed by atoms with Gasteiger partial charge in [0.05, 0.1) is 23.5 Å². The second kappa shape index (κ2) is 6.21. The summed E-state index contributed by atoms with van der Waals surface area (Å²) in [6.07, 6.45) is 4.26. The lowest BCUT2D eigenvalue weighted by Crippen LogP contribution is -2.25. The molecule has 3 heterocycles. The summed E-state index contributed by atoms with van der Waals surface area (Å²) >= 11 is 3.13. The highest BCUT2D eigenvalue weighted by atomic mass is 32.2. The summed E-state index contributed by atoms with van der Waals surface area (Å²) in [5.41, 5.74) is 1.24. The summed E-state index contributed by atoms with van der Waals surface area (Å²) in [6.45, 7) is 3.68. The fourth-order valence-electron chi connectivity index (χ4n) is 3.16. The number of nitrogens with zero attached hydrogens (tertiary/aromatic N) is 4. The van der Waals surface area contributed by atoms with Crippen molar-refractivity contribution in [1.29, 1.82) is 5.26 Å². The molecule has 19 heavy (non-hydrogen) atoms. The molecule has 0 aromatic carbocycles. The first kappa shape index (κ1) is 13.3. The lowest BCUT2D eigenvalue weighted by Gasteiger charge is -2.21. The first-order valence-electron chi connectivity index (χ1n) is 6.93. The van der Waals surface area contributed by atoms with E-state index in [1.54, 1.807) is 11.8 Å². The maximum absolute atomic E-state index is 8.56. The fraction of sp³-hybridized carbons (Fsp3) is 0.769. The highest BCUT2D eigenvalue weighted by molar-refractivity contribution is 7.99. The number of unbranched alkanes of at least 4 members (excludes halogenated alkanes) is 1. The lowest BCUT2D eigenvalue weighted by atomic mass is 9.89. The van der Waals surface area contributed by atoms with Gasteiger partial charge in [-0.2, -0.15) is 14.0 Å². The standard InChI is InChI=1S/C13H18N4S2/c14-5-1-2-7-18-13-12(15-19-16-13)11-9-17-6-3-4-10(11)8-17/h10-11H,1-4,6-9H2. The number of nitriles is 1. The monoisotopic (exact) mass is 294 g/mol. The Morgan fingerprint density at radius 3 is 3.21 bits per heavy atom. The molecule has 2 aliphatic heterocycles. The van der Waals surface area contributed by atoms with E-state index in [0.29, 0.717) is 12.3 Å². The molecule has 2 aliphatic rings. The topological polar surface area (TPSA) is 52.8 Å². The van der Waals surface area contributed by atoms with Gasteiger partial charge in [0.15, 0.2) is 0 Å². The van der Waals surface area contributed by atoms with Gasteiger partial charge >= 0.3 is 0 Å². The van der Waals surface area contributed by atoms with Crippen molar-refractivity contribution >= 4 is 23.5 Å². The SMILES string of the molecule is N#CCCCSc1nsnc1C1CN2CCCC1C2. The van der Waals surface area contributed by atoms with Gasteiger partial charge in [-0.25, -0.2) is 0 Å². The maximum atomic E-state index is 8.56. The molecular weight excluding hydrogens is 276 g/mol. The molecule has 0 radical (unpaired) electrons. The molecule has 2 saturated heterocycles. The molecular formula is C13H18N4S2. The normalized spacial score (nSPS) is 29.3. The average Bonchev–Trinajstić information content (AvgIpc) is 2.99. The van der Waals surface area contributed by atoms with E-state index in [-0.39, 0.29) is 0 Å². The van der Waals surface area contributed by atoms with Crippen LogP contribution in [0.2, 0.25) is 0 Å². The minimum Gasteiger partial charge on any atom is -0.302 e. The van der Waals surface area contributed by atoms with Crippen LogP contribution in [-0.4, -0.2) is 39.0 Å². The zero-order valence-electron chi connectivity index (χ0n) is 10.9. The molecule has 6 heteroatoms. The molecule has 102 valence electrons. The second-order valence-corrected chi connectivity index (χ2v) is 6.95. The number of aromatic nitrogens is 2. The summed E-state index contributed by atoms with van der Waals surface area (Å²) in [6, 6.07) is 2.19. The molecule has 0 spiro atoms. The first-order chi connectivity index (χ1) is 9.38.